The molecule has 1 fully saturated rings. The third-order valence-corrected chi connectivity index (χ3v) is 8.98. The second-order valence-corrected chi connectivity index (χ2v) is 10.7. The molecule has 1 saturated heterocycles. The SMILES string of the molecule is CCCC(=O)N1CCC[C@@](c2c(F)ccc(F)c2C)(S(=O)(=O)c2ccc(Cl)cc2)[C@@H]1CO. The van der Waals surface area contributed by atoms with Crippen LogP contribution in [0.4, 0.5) is 8.78 Å². The van der Waals surface area contributed by atoms with Gasteiger partial charge in [0.2, 0.25) is 5.91 Å². The third-order valence-electron chi connectivity index (χ3n) is 6.19. The number of carbonyl (C=O) groups excluding carboxylic acids is 1. The number of benzene rings is 2. The highest BCUT2D eigenvalue weighted by Crippen LogP contribution is 2.49. The standard InChI is InChI=1S/C23H26ClF2NO4S/c1-3-5-21(29)27-13-4-12-23(20(27)14-28,22-15(2)18(25)10-11-19(22)26)32(30,31)17-8-6-16(24)7-9-17/h6-11,20,28H,3-5,12-14H2,1-2H3/t20-,23+/m0/s1. The number of rotatable bonds is 6. The fourth-order valence-electron chi connectivity index (χ4n) is 4.72. The van der Waals surface area contributed by atoms with Gasteiger partial charge in [0, 0.05) is 23.6 Å². The van der Waals surface area contributed by atoms with Crippen molar-refractivity contribution in [3.63, 3.8) is 0 Å². The molecule has 0 radical (unpaired) electrons. The summed E-state index contributed by atoms with van der Waals surface area (Å²) in [6.45, 7) is 2.62. The smallest absolute Gasteiger partial charge is 0.222 e. The average molecular weight is 486 g/mol. The minimum atomic E-state index is -4.42. The van der Waals surface area contributed by atoms with Crippen molar-refractivity contribution >= 4 is 27.3 Å². The van der Waals surface area contributed by atoms with E-state index in [1.165, 1.54) is 36.1 Å². The monoisotopic (exact) mass is 485 g/mol. The Hall–Kier alpha value is -2.03. The number of likely N-dealkylation sites (tertiary alicyclic amines) is 1. The Bertz CT molecular complexity index is 1110. The quantitative estimate of drug-likeness (QED) is 0.659. The molecule has 5 nitrogen and oxygen atoms in total. The van der Waals surface area contributed by atoms with E-state index >= 15 is 4.39 Å². The summed E-state index contributed by atoms with van der Waals surface area (Å²) in [7, 11) is -4.42. The fourth-order valence-corrected chi connectivity index (χ4v) is 7.26. The maximum Gasteiger partial charge on any atom is 0.222 e. The fraction of sp³-hybridized carbons (Fsp3) is 0.435. The zero-order valence-electron chi connectivity index (χ0n) is 17.9. The molecule has 3 rings (SSSR count). The Kier molecular flexibility index (Phi) is 7.27. The first-order valence-electron chi connectivity index (χ1n) is 10.5. The zero-order chi connectivity index (χ0) is 23.7. The molecule has 9 heteroatoms. The van der Waals surface area contributed by atoms with Gasteiger partial charge in [-0.05, 0) is 68.1 Å². The van der Waals surface area contributed by atoms with Gasteiger partial charge in [0.25, 0.3) is 0 Å². The van der Waals surface area contributed by atoms with Crippen LogP contribution in [0.25, 0.3) is 0 Å². The summed E-state index contributed by atoms with van der Waals surface area (Å²) in [6.07, 6.45) is 0.838. The van der Waals surface area contributed by atoms with E-state index in [1.807, 2.05) is 6.92 Å². The Morgan fingerprint density at radius 1 is 1.19 bits per heavy atom. The van der Waals surface area contributed by atoms with Gasteiger partial charge in [0.15, 0.2) is 9.84 Å². The van der Waals surface area contributed by atoms with Crippen LogP contribution in [-0.4, -0.2) is 43.5 Å². The van der Waals surface area contributed by atoms with Crippen molar-refractivity contribution in [1.82, 2.24) is 4.90 Å². The molecule has 1 N–H and O–H groups in total. The molecule has 0 bridgehead atoms. The highest BCUT2D eigenvalue weighted by atomic mass is 35.5. The molecule has 32 heavy (non-hydrogen) atoms. The highest BCUT2D eigenvalue weighted by molar-refractivity contribution is 7.92. The summed E-state index contributed by atoms with van der Waals surface area (Å²) < 4.78 is 56.2. The Morgan fingerprint density at radius 2 is 1.81 bits per heavy atom. The number of halogens is 3. The molecule has 1 amide bonds. The summed E-state index contributed by atoms with van der Waals surface area (Å²) in [5.41, 5.74) is -0.508. The number of aliphatic hydroxyl groups is 1. The number of aliphatic hydroxyl groups excluding tert-OH is 1. The van der Waals surface area contributed by atoms with Gasteiger partial charge in [-0.3, -0.25) is 4.79 Å². The third kappa shape index (κ3) is 3.93. The molecule has 0 aliphatic carbocycles. The van der Waals surface area contributed by atoms with Gasteiger partial charge in [-0.25, -0.2) is 17.2 Å². The van der Waals surface area contributed by atoms with Crippen LogP contribution < -0.4 is 0 Å². The first-order chi connectivity index (χ1) is 15.1. The van der Waals surface area contributed by atoms with E-state index in [2.05, 4.69) is 0 Å². The van der Waals surface area contributed by atoms with Crippen LogP contribution in [0.2, 0.25) is 5.02 Å². The Morgan fingerprint density at radius 3 is 2.41 bits per heavy atom. The number of amides is 1. The van der Waals surface area contributed by atoms with Gasteiger partial charge < -0.3 is 10.0 Å². The maximum atomic E-state index is 15.3. The van der Waals surface area contributed by atoms with Crippen LogP contribution >= 0.6 is 11.6 Å². The lowest BCUT2D eigenvalue weighted by Gasteiger charge is -2.49. The molecule has 1 heterocycles. The molecule has 1 aliphatic heterocycles. The van der Waals surface area contributed by atoms with Gasteiger partial charge in [0.1, 0.15) is 16.4 Å². The van der Waals surface area contributed by atoms with Gasteiger partial charge in [-0.1, -0.05) is 18.5 Å². The minimum absolute atomic E-state index is 0.0830. The molecule has 2 atom stereocenters. The van der Waals surface area contributed by atoms with E-state index in [0.29, 0.717) is 11.4 Å². The summed E-state index contributed by atoms with van der Waals surface area (Å²) >= 11 is 5.93. The van der Waals surface area contributed by atoms with E-state index in [0.717, 1.165) is 12.1 Å². The van der Waals surface area contributed by atoms with Crippen molar-refractivity contribution in [2.75, 3.05) is 13.2 Å². The zero-order valence-corrected chi connectivity index (χ0v) is 19.5. The number of nitrogens with zero attached hydrogens (tertiary/aromatic N) is 1. The van der Waals surface area contributed by atoms with Crippen LogP contribution in [0.3, 0.4) is 0 Å². The molecule has 0 unspecified atom stereocenters. The second-order valence-electron chi connectivity index (χ2n) is 8.02. The average Bonchev–Trinajstić information content (AvgIpc) is 2.76. The number of piperidine rings is 1. The predicted octanol–water partition coefficient (Wildman–Crippen LogP) is 4.38. The Labute approximate surface area is 191 Å². The molecular formula is C23H26ClF2NO4S. The molecule has 0 spiro atoms. The molecular weight excluding hydrogens is 460 g/mol. The minimum Gasteiger partial charge on any atom is -0.394 e. The van der Waals surface area contributed by atoms with Crippen LogP contribution in [0.15, 0.2) is 41.3 Å². The molecule has 2 aromatic rings. The topological polar surface area (TPSA) is 74.7 Å². The van der Waals surface area contributed by atoms with Crippen molar-refractivity contribution in [3.8, 4) is 0 Å². The van der Waals surface area contributed by atoms with E-state index in [-0.39, 0.29) is 47.7 Å². The largest absolute Gasteiger partial charge is 0.394 e. The first-order valence-corrected chi connectivity index (χ1v) is 12.3. The van der Waals surface area contributed by atoms with E-state index in [1.54, 1.807) is 0 Å². The number of sulfone groups is 1. The number of carbonyl (C=O) groups is 1. The van der Waals surface area contributed by atoms with Crippen molar-refractivity contribution in [2.24, 2.45) is 0 Å². The molecule has 0 saturated carbocycles. The van der Waals surface area contributed by atoms with Crippen LogP contribution in [0.1, 0.15) is 43.7 Å². The van der Waals surface area contributed by atoms with Gasteiger partial charge >= 0.3 is 0 Å². The van der Waals surface area contributed by atoms with E-state index in [4.69, 9.17) is 11.6 Å². The predicted molar refractivity (Wildman–Crippen MR) is 118 cm³/mol. The van der Waals surface area contributed by atoms with Crippen molar-refractivity contribution in [3.05, 3.63) is 64.2 Å². The summed E-state index contributed by atoms with van der Waals surface area (Å²) in [6, 6.07) is 5.93. The highest BCUT2D eigenvalue weighted by Gasteiger charge is 2.58. The van der Waals surface area contributed by atoms with Crippen molar-refractivity contribution in [2.45, 2.75) is 55.2 Å². The van der Waals surface area contributed by atoms with Crippen molar-refractivity contribution in [1.29, 1.82) is 0 Å². The normalized spacial score (nSPS) is 21.6. The first kappa shape index (κ1) is 24.6. The van der Waals surface area contributed by atoms with Crippen LogP contribution in [0, 0.1) is 18.6 Å². The lowest BCUT2D eigenvalue weighted by atomic mass is 9.80. The van der Waals surface area contributed by atoms with Crippen molar-refractivity contribution < 1.29 is 27.1 Å². The van der Waals surface area contributed by atoms with Crippen LogP contribution in [-0.2, 0) is 19.4 Å². The summed E-state index contributed by atoms with van der Waals surface area (Å²) in [4.78, 5) is 14.0. The van der Waals surface area contributed by atoms with Gasteiger partial charge in [0.05, 0.1) is 17.5 Å². The molecule has 0 aromatic heterocycles. The van der Waals surface area contributed by atoms with Crippen LogP contribution in [0.5, 0.6) is 0 Å². The maximum absolute atomic E-state index is 15.3. The van der Waals surface area contributed by atoms with E-state index < -0.39 is 38.9 Å². The lowest BCUT2D eigenvalue weighted by molar-refractivity contribution is -0.137. The lowest BCUT2D eigenvalue weighted by Crippen LogP contribution is -2.62. The molecule has 174 valence electrons. The second kappa shape index (κ2) is 9.45. The summed E-state index contributed by atoms with van der Waals surface area (Å²) in [5.74, 6) is -2.00. The van der Waals surface area contributed by atoms with Gasteiger partial charge in [-0.15, -0.1) is 0 Å². The molecule has 2 aromatic carbocycles. The summed E-state index contributed by atoms with van der Waals surface area (Å²) in [5, 5.41) is 10.7. The van der Waals surface area contributed by atoms with E-state index in [9.17, 15) is 22.7 Å². The number of hydrogen-bond donors (Lipinski definition) is 1. The van der Waals surface area contributed by atoms with Gasteiger partial charge in [-0.2, -0.15) is 0 Å². The molecule has 1 aliphatic rings. The Balaban J connectivity index is 2.38. The number of hydrogen-bond acceptors (Lipinski definition) is 4.